The summed E-state index contributed by atoms with van der Waals surface area (Å²) in [5, 5.41) is 8.76. The van der Waals surface area contributed by atoms with Crippen LogP contribution in [-0.4, -0.2) is 12.5 Å². The number of benzene rings is 1. The van der Waals surface area contributed by atoms with Crippen molar-refractivity contribution in [2.45, 2.75) is 19.8 Å². The van der Waals surface area contributed by atoms with Gasteiger partial charge in [0.15, 0.2) is 0 Å². The quantitative estimate of drug-likeness (QED) is 0.731. The van der Waals surface area contributed by atoms with Gasteiger partial charge in [0.05, 0.1) is 18.1 Å². The summed E-state index contributed by atoms with van der Waals surface area (Å²) in [5.41, 5.74) is 2.58. The van der Waals surface area contributed by atoms with Crippen LogP contribution in [0.25, 0.3) is 0 Å². The predicted molar refractivity (Wildman–Crippen MR) is 57.5 cm³/mol. The third-order valence-corrected chi connectivity index (χ3v) is 2.59. The van der Waals surface area contributed by atoms with Gasteiger partial charge in [0.25, 0.3) is 0 Å². The van der Waals surface area contributed by atoms with Crippen LogP contribution in [0, 0.1) is 11.3 Å². The molecule has 0 unspecified atom stereocenters. The molecular weight excluding hydrogens is 188 g/mol. The molecular formula is C12H12N2O. The molecule has 0 fully saturated rings. The molecule has 1 heterocycles. The Kier molecular flexibility index (Phi) is 2.42. The van der Waals surface area contributed by atoms with Crippen LogP contribution >= 0.6 is 0 Å². The van der Waals surface area contributed by atoms with Gasteiger partial charge >= 0.3 is 0 Å². The first-order chi connectivity index (χ1) is 7.26. The summed E-state index contributed by atoms with van der Waals surface area (Å²) in [6.45, 7) is 2.81. The molecule has 0 saturated heterocycles. The standard InChI is InChI=1S/C12H12N2O/c1-2-5-14-11-4-3-9(8-13)6-10(11)7-12(14)15/h3-4,6H,2,5,7H2,1H3. The van der Waals surface area contributed by atoms with Crippen molar-refractivity contribution in [2.75, 3.05) is 11.4 Å². The van der Waals surface area contributed by atoms with Crippen molar-refractivity contribution in [3.8, 4) is 6.07 Å². The molecule has 0 bridgehead atoms. The molecule has 0 radical (unpaired) electrons. The Morgan fingerprint density at radius 2 is 2.33 bits per heavy atom. The average Bonchev–Trinajstić information content (AvgIpc) is 2.55. The minimum Gasteiger partial charge on any atom is -0.312 e. The molecule has 1 amide bonds. The Labute approximate surface area is 88.9 Å². The molecule has 1 aliphatic rings. The number of anilines is 1. The summed E-state index contributed by atoms with van der Waals surface area (Å²) in [4.78, 5) is 13.5. The third kappa shape index (κ3) is 1.59. The maximum atomic E-state index is 11.7. The molecule has 0 N–H and O–H groups in total. The SMILES string of the molecule is CCCN1C(=O)Cc2cc(C#N)ccc21. The summed E-state index contributed by atoms with van der Waals surface area (Å²) >= 11 is 0. The fourth-order valence-corrected chi connectivity index (χ4v) is 1.92. The Bertz CT molecular complexity index is 445. The zero-order chi connectivity index (χ0) is 10.8. The number of hydrogen-bond donors (Lipinski definition) is 0. The predicted octanol–water partition coefficient (Wildman–Crippen LogP) is 1.86. The Morgan fingerprint density at radius 3 is 3.00 bits per heavy atom. The van der Waals surface area contributed by atoms with E-state index in [0.717, 1.165) is 24.2 Å². The minimum absolute atomic E-state index is 0.141. The molecule has 3 nitrogen and oxygen atoms in total. The summed E-state index contributed by atoms with van der Waals surface area (Å²) in [7, 11) is 0. The third-order valence-electron chi connectivity index (χ3n) is 2.59. The molecule has 0 saturated carbocycles. The van der Waals surface area contributed by atoms with Gasteiger partial charge in [-0.2, -0.15) is 5.26 Å². The van der Waals surface area contributed by atoms with Crippen LogP contribution in [0.1, 0.15) is 24.5 Å². The van der Waals surface area contributed by atoms with Gasteiger partial charge in [-0.3, -0.25) is 4.79 Å². The average molecular weight is 200 g/mol. The van der Waals surface area contributed by atoms with E-state index in [1.807, 2.05) is 12.1 Å². The number of fused-ring (bicyclic) bond motifs is 1. The molecule has 0 spiro atoms. The van der Waals surface area contributed by atoms with Crippen molar-refractivity contribution in [3.63, 3.8) is 0 Å². The molecule has 2 rings (SSSR count). The number of rotatable bonds is 2. The molecule has 1 aromatic rings. The lowest BCUT2D eigenvalue weighted by molar-refractivity contribution is -0.117. The Hall–Kier alpha value is -1.82. The maximum Gasteiger partial charge on any atom is 0.231 e. The molecule has 0 aromatic heterocycles. The molecule has 3 heteroatoms. The van der Waals surface area contributed by atoms with Gasteiger partial charge in [-0.15, -0.1) is 0 Å². The number of hydrogen-bond acceptors (Lipinski definition) is 2. The van der Waals surface area contributed by atoms with E-state index in [0.29, 0.717) is 12.0 Å². The van der Waals surface area contributed by atoms with E-state index in [-0.39, 0.29) is 5.91 Å². The molecule has 0 atom stereocenters. The molecule has 1 aliphatic heterocycles. The normalized spacial score (nSPS) is 13.9. The molecule has 1 aromatic carbocycles. The first-order valence-corrected chi connectivity index (χ1v) is 5.09. The summed E-state index contributed by atoms with van der Waals surface area (Å²) < 4.78 is 0. The smallest absolute Gasteiger partial charge is 0.231 e. The van der Waals surface area contributed by atoms with Crippen LogP contribution in [0.3, 0.4) is 0 Å². The van der Waals surface area contributed by atoms with E-state index in [9.17, 15) is 4.79 Å². The van der Waals surface area contributed by atoms with Crippen LogP contribution < -0.4 is 4.90 Å². The van der Waals surface area contributed by atoms with E-state index in [1.165, 1.54) is 0 Å². The van der Waals surface area contributed by atoms with E-state index in [4.69, 9.17) is 5.26 Å². The lowest BCUT2D eigenvalue weighted by atomic mass is 10.1. The van der Waals surface area contributed by atoms with Crippen LogP contribution in [0.2, 0.25) is 0 Å². The largest absolute Gasteiger partial charge is 0.312 e. The van der Waals surface area contributed by atoms with Gasteiger partial charge in [-0.1, -0.05) is 6.92 Å². The van der Waals surface area contributed by atoms with Crippen molar-refractivity contribution in [1.29, 1.82) is 5.26 Å². The molecule has 0 aliphatic carbocycles. The van der Waals surface area contributed by atoms with Gasteiger partial charge in [-0.05, 0) is 30.2 Å². The van der Waals surface area contributed by atoms with Crippen LogP contribution in [0.15, 0.2) is 18.2 Å². The summed E-state index contributed by atoms with van der Waals surface area (Å²) in [5.74, 6) is 0.141. The second kappa shape index (κ2) is 3.74. The highest BCUT2D eigenvalue weighted by Gasteiger charge is 2.26. The van der Waals surface area contributed by atoms with Crippen LogP contribution in [0.5, 0.6) is 0 Å². The summed E-state index contributed by atoms with van der Waals surface area (Å²) in [6, 6.07) is 7.53. The summed E-state index contributed by atoms with van der Waals surface area (Å²) in [6.07, 6.45) is 1.38. The zero-order valence-electron chi connectivity index (χ0n) is 8.66. The highest BCUT2D eigenvalue weighted by atomic mass is 16.2. The highest BCUT2D eigenvalue weighted by molar-refractivity contribution is 6.01. The van der Waals surface area contributed by atoms with E-state index < -0.39 is 0 Å². The van der Waals surface area contributed by atoms with E-state index >= 15 is 0 Å². The van der Waals surface area contributed by atoms with Gasteiger partial charge in [-0.25, -0.2) is 0 Å². The maximum absolute atomic E-state index is 11.7. The number of nitriles is 1. The minimum atomic E-state index is 0.141. The topological polar surface area (TPSA) is 44.1 Å². The molecule has 15 heavy (non-hydrogen) atoms. The number of amides is 1. The van der Waals surface area contributed by atoms with Gasteiger partial charge in [0, 0.05) is 12.2 Å². The van der Waals surface area contributed by atoms with E-state index in [2.05, 4.69) is 13.0 Å². The second-order valence-electron chi connectivity index (χ2n) is 3.68. The monoisotopic (exact) mass is 200 g/mol. The number of nitrogens with zero attached hydrogens (tertiary/aromatic N) is 2. The van der Waals surface area contributed by atoms with Crippen LogP contribution in [0.4, 0.5) is 5.69 Å². The van der Waals surface area contributed by atoms with Crippen molar-refractivity contribution >= 4 is 11.6 Å². The fraction of sp³-hybridized carbons (Fsp3) is 0.333. The van der Waals surface area contributed by atoms with Crippen molar-refractivity contribution in [2.24, 2.45) is 0 Å². The highest BCUT2D eigenvalue weighted by Crippen LogP contribution is 2.29. The molecule has 76 valence electrons. The van der Waals surface area contributed by atoms with E-state index in [1.54, 1.807) is 11.0 Å². The van der Waals surface area contributed by atoms with Crippen molar-refractivity contribution in [3.05, 3.63) is 29.3 Å². The number of carbonyl (C=O) groups is 1. The van der Waals surface area contributed by atoms with Gasteiger partial charge in [0.2, 0.25) is 5.91 Å². The fourth-order valence-electron chi connectivity index (χ4n) is 1.92. The lowest BCUT2D eigenvalue weighted by Gasteiger charge is -2.15. The first-order valence-electron chi connectivity index (χ1n) is 5.09. The van der Waals surface area contributed by atoms with Gasteiger partial charge in [0.1, 0.15) is 0 Å². The number of carbonyl (C=O) groups excluding carboxylic acids is 1. The van der Waals surface area contributed by atoms with Crippen molar-refractivity contribution < 1.29 is 4.79 Å². The van der Waals surface area contributed by atoms with Crippen molar-refractivity contribution in [1.82, 2.24) is 0 Å². The van der Waals surface area contributed by atoms with Gasteiger partial charge < -0.3 is 4.90 Å². The second-order valence-corrected chi connectivity index (χ2v) is 3.68. The Balaban J connectivity index is 2.39. The first kappa shape index (κ1) is 9.72. The van der Waals surface area contributed by atoms with Crippen LogP contribution in [-0.2, 0) is 11.2 Å². The Morgan fingerprint density at radius 1 is 1.53 bits per heavy atom. The zero-order valence-corrected chi connectivity index (χ0v) is 8.66. The lowest BCUT2D eigenvalue weighted by Crippen LogP contribution is -2.27.